The normalized spacial score (nSPS) is 14.8. The molecule has 0 unspecified atom stereocenters. The largest absolute Gasteiger partial charge is 0.492 e. The van der Waals surface area contributed by atoms with E-state index in [9.17, 15) is 9.18 Å². The molecule has 0 bridgehead atoms. The second-order valence-corrected chi connectivity index (χ2v) is 7.53. The third kappa shape index (κ3) is 6.42. The molecule has 0 aliphatic carbocycles. The van der Waals surface area contributed by atoms with Gasteiger partial charge in [0.15, 0.2) is 0 Å². The van der Waals surface area contributed by atoms with Gasteiger partial charge in [0.1, 0.15) is 18.2 Å². The molecule has 3 rings (SSSR count). The molecule has 1 aliphatic rings. The van der Waals surface area contributed by atoms with Crippen molar-refractivity contribution >= 4 is 17.5 Å². The summed E-state index contributed by atoms with van der Waals surface area (Å²) >= 11 is 5.94. The number of nitrogens with zero attached hydrogens (tertiary/aromatic N) is 1. The SMILES string of the molecule is CN(CCOc1cccc(CNC(=O)c2ccc(F)cc2Cl)c1)C1CCOCC1. The number of carbonyl (C=O) groups is 1. The lowest BCUT2D eigenvalue weighted by Gasteiger charge is -2.31. The minimum atomic E-state index is -0.473. The van der Waals surface area contributed by atoms with Crippen LogP contribution in [0.5, 0.6) is 5.75 Å². The number of rotatable bonds is 8. The summed E-state index contributed by atoms with van der Waals surface area (Å²) in [6.45, 7) is 3.41. The van der Waals surface area contributed by atoms with Crippen LogP contribution in [0.25, 0.3) is 0 Å². The maximum Gasteiger partial charge on any atom is 0.253 e. The van der Waals surface area contributed by atoms with E-state index >= 15 is 0 Å². The van der Waals surface area contributed by atoms with Gasteiger partial charge >= 0.3 is 0 Å². The molecule has 0 atom stereocenters. The van der Waals surface area contributed by atoms with Gasteiger partial charge in [-0.2, -0.15) is 0 Å². The van der Waals surface area contributed by atoms with Crippen molar-refractivity contribution in [2.45, 2.75) is 25.4 Å². The molecule has 1 saturated heterocycles. The molecule has 0 radical (unpaired) electrons. The van der Waals surface area contributed by atoms with Crippen LogP contribution in [-0.4, -0.2) is 50.3 Å². The van der Waals surface area contributed by atoms with Gasteiger partial charge in [-0.1, -0.05) is 23.7 Å². The molecule has 2 aromatic rings. The van der Waals surface area contributed by atoms with Crippen LogP contribution in [0.1, 0.15) is 28.8 Å². The van der Waals surface area contributed by atoms with Gasteiger partial charge in [0.05, 0.1) is 10.6 Å². The second kappa shape index (κ2) is 10.6. The van der Waals surface area contributed by atoms with Crippen molar-refractivity contribution in [3.63, 3.8) is 0 Å². The summed E-state index contributed by atoms with van der Waals surface area (Å²) in [5.74, 6) is -0.0600. The molecule has 1 heterocycles. The number of carbonyl (C=O) groups excluding carboxylic acids is 1. The maximum atomic E-state index is 13.1. The first kappa shape index (κ1) is 21.6. The highest BCUT2D eigenvalue weighted by Crippen LogP contribution is 2.18. The molecule has 1 aliphatic heterocycles. The van der Waals surface area contributed by atoms with Crippen LogP contribution in [0.15, 0.2) is 42.5 Å². The van der Waals surface area contributed by atoms with E-state index in [2.05, 4.69) is 17.3 Å². The maximum absolute atomic E-state index is 13.1. The third-order valence-electron chi connectivity index (χ3n) is 5.05. The third-order valence-corrected chi connectivity index (χ3v) is 5.37. The van der Waals surface area contributed by atoms with Crippen molar-refractivity contribution in [1.82, 2.24) is 10.2 Å². The van der Waals surface area contributed by atoms with E-state index < -0.39 is 5.82 Å². The minimum absolute atomic E-state index is 0.0910. The lowest BCUT2D eigenvalue weighted by atomic mass is 10.1. The van der Waals surface area contributed by atoms with E-state index in [0.29, 0.717) is 19.2 Å². The number of amides is 1. The van der Waals surface area contributed by atoms with Gasteiger partial charge < -0.3 is 14.8 Å². The smallest absolute Gasteiger partial charge is 0.253 e. The summed E-state index contributed by atoms with van der Waals surface area (Å²) in [5.41, 5.74) is 1.16. The average molecular weight is 421 g/mol. The Labute approximate surface area is 175 Å². The van der Waals surface area contributed by atoms with Crippen molar-refractivity contribution in [2.75, 3.05) is 33.4 Å². The molecule has 1 fully saturated rings. The van der Waals surface area contributed by atoms with Crippen LogP contribution in [0, 0.1) is 5.82 Å². The number of likely N-dealkylation sites (N-methyl/N-ethyl adjacent to an activating group) is 1. The summed E-state index contributed by atoms with van der Waals surface area (Å²) in [7, 11) is 2.12. The molecular weight excluding hydrogens is 395 g/mol. The summed E-state index contributed by atoms with van der Waals surface area (Å²) in [5, 5.41) is 2.89. The molecule has 156 valence electrons. The van der Waals surface area contributed by atoms with E-state index in [-0.39, 0.29) is 16.5 Å². The van der Waals surface area contributed by atoms with Crippen LogP contribution < -0.4 is 10.1 Å². The first-order valence-electron chi connectivity index (χ1n) is 9.76. The molecule has 29 heavy (non-hydrogen) atoms. The lowest BCUT2D eigenvalue weighted by molar-refractivity contribution is 0.0392. The van der Waals surface area contributed by atoms with Crippen LogP contribution in [0.2, 0.25) is 5.02 Å². The standard InChI is InChI=1S/C22H26ClFN2O3/c1-26(18-7-10-28-11-8-18)9-12-29-19-4-2-3-16(13-19)15-25-22(27)20-6-5-17(24)14-21(20)23/h2-6,13-14,18H,7-12,15H2,1H3,(H,25,27). The molecule has 0 spiro atoms. The number of benzene rings is 2. The van der Waals surface area contributed by atoms with Gasteiger partial charge in [-0.25, -0.2) is 4.39 Å². The number of nitrogens with one attached hydrogen (secondary N) is 1. The van der Waals surface area contributed by atoms with Crippen molar-refractivity contribution in [1.29, 1.82) is 0 Å². The molecule has 5 nitrogen and oxygen atoms in total. The first-order valence-corrected chi connectivity index (χ1v) is 10.1. The Morgan fingerprint density at radius 2 is 2.07 bits per heavy atom. The number of ether oxygens (including phenoxy) is 2. The van der Waals surface area contributed by atoms with Crippen molar-refractivity contribution in [3.8, 4) is 5.75 Å². The monoisotopic (exact) mass is 420 g/mol. The molecule has 0 saturated carbocycles. The Kier molecular flexibility index (Phi) is 7.86. The van der Waals surface area contributed by atoms with Gasteiger partial charge in [0.25, 0.3) is 5.91 Å². The highest BCUT2D eigenvalue weighted by atomic mass is 35.5. The number of hydrogen-bond acceptors (Lipinski definition) is 4. The zero-order valence-corrected chi connectivity index (χ0v) is 17.3. The number of hydrogen-bond donors (Lipinski definition) is 1. The van der Waals surface area contributed by atoms with E-state index in [1.54, 1.807) is 0 Å². The van der Waals surface area contributed by atoms with E-state index in [1.165, 1.54) is 12.1 Å². The molecular formula is C22H26ClFN2O3. The summed E-state index contributed by atoms with van der Waals surface area (Å²) in [4.78, 5) is 14.6. The predicted molar refractivity (Wildman–Crippen MR) is 111 cm³/mol. The van der Waals surface area contributed by atoms with Gasteiger partial charge in [0.2, 0.25) is 0 Å². The van der Waals surface area contributed by atoms with Crippen molar-refractivity contribution in [3.05, 3.63) is 64.4 Å². The summed E-state index contributed by atoms with van der Waals surface area (Å²) < 4.78 is 24.4. The van der Waals surface area contributed by atoms with Crippen molar-refractivity contribution < 1.29 is 18.7 Å². The Hall–Kier alpha value is -2.15. The van der Waals surface area contributed by atoms with E-state index in [0.717, 1.165) is 50.0 Å². The predicted octanol–water partition coefficient (Wildman–Crippen LogP) is 3.90. The summed E-state index contributed by atoms with van der Waals surface area (Å²) in [6.07, 6.45) is 2.12. The Bertz CT molecular complexity index is 827. The molecule has 1 amide bonds. The summed E-state index contributed by atoms with van der Waals surface area (Å²) in [6, 6.07) is 11.9. The lowest BCUT2D eigenvalue weighted by Crippen LogP contribution is -2.38. The second-order valence-electron chi connectivity index (χ2n) is 7.13. The minimum Gasteiger partial charge on any atom is -0.492 e. The van der Waals surface area contributed by atoms with Gasteiger partial charge in [-0.05, 0) is 55.8 Å². The molecule has 7 heteroatoms. The van der Waals surface area contributed by atoms with E-state index in [1.807, 2.05) is 24.3 Å². The van der Waals surface area contributed by atoms with Gasteiger partial charge in [-0.15, -0.1) is 0 Å². The van der Waals surface area contributed by atoms with Crippen LogP contribution in [0.4, 0.5) is 4.39 Å². The highest BCUT2D eigenvalue weighted by molar-refractivity contribution is 6.33. The molecule has 0 aromatic heterocycles. The van der Waals surface area contributed by atoms with Crippen molar-refractivity contribution in [2.24, 2.45) is 0 Å². The fraction of sp³-hybridized carbons (Fsp3) is 0.409. The molecule has 1 N–H and O–H groups in total. The number of halogens is 2. The Balaban J connectivity index is 1.47. The first-order chi connectivity index (χ1) is 14.0. The zero-order chi connectivity index (χ0) is 20.6. The fourth-order valence-corrected chi connectivity index (χ4v) is 3.57. The Morgan fingerprint density at radius 3 is 2.83 bits per heavy atom. The molecule has 2 aromatic carbocycles. The zero-order valence-electron chi connectivity index (χ0n) is 16.5. The van der Waals surface area contributed by atoms with Gasteiger partial charge in [0, 0.05) is 32.3 Å². The fourth-order valence-electron chi connectivity index (χ4n) is 3.31. The van der Waals surface area contributed by atoms with Crippen LogP contribution in [-0.2, 0) is 11.3 Å². The average Bonchev–Trinajstić information content (AvgIpc) is 2.73. The van der Waals surface area contributed by atoms with Crippen LogP contribution >= 0.6 is 11.6 Å². The topological polar surface area (TPSA) is 50.8 Å². The van der Waals surface area contributed by atoms with Gasteiger partial charge in [-0.3, -0.25) is 9.69 Å². The van der Waals surface area contributed by atoms with E-state index in [4.69, 9.17) is 21.1 Å². The quantitative estimate of drug-likeness (QED) is 0.703. The highest BCUT2D eigenvalue weighted by Gasteiger charge is 2.18. The Morgan fingerprint density at radius 1 is 1.28 bits per heavy atom. The van der Waals surface area contributed by atoms with Crippen LogP contribution in [0.3, 0.4) is 0 Å².